The number of likely N-dealkylation sites (tertiary alicyclic amines) is 1. The fourth-order valence-corrected chi connectivity index (χ4v) is 4.65. The summed E-state index contributed by atoms with van der Waals surface area (Å²) >= 11 is 5.78. The van der Waals surface area contributed by atoms with Gasteiger partial charge in [0.25, 0.3) is 0 Å². The van der Waals surface area contributed by atoms with Crippen molar-refractivity contribution in [1.82, 2.24) is 4.90 Å². The summed E-state index contributed by atoms with van der Waals surface area (Å²) in [7, 11) is -3.85. The van der Waals surface area contributed by atoms with E-state index in [0.717, 1.165) is 0 Å². The third-order valence-electron chi connectivity index (χ3n) is 4.25. The average molecular weight is 397 g/mol. The minimum Gasteiger partial charge on any atom is -0.337 e. The number of nitrogens with zero attached hydrogens (tertiary/aromatic N) is 1. The van der Waals surface area contributed by atoms with Crippen molar-refractivity contribution in [3.05, 3.63) is 64.9 Å². The number of halogens is 2. The fourth-order valence-electron chi connectivity index (χ4n) is 2.95. The molecule has 0 aliphatic carbocycles. The Morgan fingerprint density at radius 1 is 1.19 bits per heavy atom. The average Bonchev–Trinajstić information content (AvgIpc) is 2.60. The summed E-state index contributed by atoms with van der Waals surface area (Å²) in [5.74, 6) is -0.993. The summed E-state index contributed by atoms with van der Waals surface area (Å²) in [6.45, 7) is 0.640. The Morgan fingerprint density at radius 2 is 1.92 bits per heavy atom. The molecule has 0 bridgehead atoms. The van der Waals surface area contributed by atoms with Crippen molar-refractivity contribution in [3.63, 3.8) is 0 Å². The van der Waals surface area contributed by atoms with Crippen molar-refractivity contribution in [3.8, 4) is 0 Å². The number of rotatable bonds is 5. The smallest absolute Gasteiger partial charge is 0.244 e. The number of anilines is 1. The molecule has 0 aromatic heterocycles. The van der Waals surface area contributed by atoms with Gasteiger partial charge in [-0.15, -0.1) is 0 Å². The molecular formula is C18H18ClFN2O3S. The van der Waals surface area contributed by atoms with E-state index in [1.54, 1.807) is 30.3 Å². The Bertz CT molecular complexity index is 906. The number of hydrogen-bond donors (Lipinski definition) is 1. The lowest BCUT2D eigenvalue weighted by molar-refractivity contribution is -0.133. The lowest BCUT2D eigenvalue weighted by Gasteiger charge is -2.32. The first kappa shape index (κ1) is 18.7. The summed E-state index contributed by atoms with van der Waals surface area (Å²) in [4.78, 5) is 14.2. The molecule has 2 aromatic rings. The van der Waals surface area contributed by atoms with Gasteiger partial charge in [-0.3, -0.25) is 9.52 Å². The number of hydrogen-bond acceptors (Lipinski definition) is 3. The van der Waals surface area contributed by atoms with Crippen molar-refractivity contribution < 1.29 is 17.6 Å². The third-order valence-corrected chi connectivity index (χ3v) is 6.24. The van der Waals surface area contributed by atoms with Gasteiger partial charge in [0.15, 0.2) is 5.25 Å². The van der Waals surface area contributed by atoms with E-state index in [1.807, 2.05) is 0 Å². The van der Waals surface area contributed by atoms with Crippen molar-refractivity contribution in [2.45, 2.75) is 24.6 Å². The number of para-hydroxylation sites is 1. The van der Waals surface area contributed by atoms with Gasteiger partial charge in [0.05, 0.1) is 5.02 Å². The Balaban J connectivity index is 1.75. The zero-order valence-corrected chi connectivity index (χ0v) is 15.4. The Morgan fingerprint density at radius 3 is 2.62 bits per heavy atom. The van der Waals surface area contributed by atoms with Crippen molar-refractivity contribution in [2.75, 3.05) is 11.3 Å². The monoisotopic (exact) mass is 396 g/mol. The van der Waals surface area contributed by atoms with Crippen LogP contribution in [0.5, 0.6) is 0 Å². The van der Waals surface area contributed by atoms with Gasteiger partial charge in [-0.1, -0.05) is 35.9 Å². The second kappa shape index (κ2) is 7.63. The molecule has 26 heavy (non-hydrogen) atoms. The zero-order valence-electron chi connectivity index (χ0n) is 13.9. The lowest BCUT2D eigenvalue weighted by atomic mass is 10.1. The fraction of sp³-hybridized carbons (Fsp3) is 0.278. The minimum atomic E-state index is -3.85. The molecule has 1 aliphatic rings. The van der Waals surface area contributed by atoms with E-state index < -0.39 is 27.0 Å². The van der Waals surface area contributed by atoms with Crippen molar-refractivity contribution in [2.24, 2.45) is 0 Å². The Hall–Kier alpha value is -2.12. The maximum Gasteiger partial charge on any atom is 0.244 e. The minimum absolute atomic E-state index is 0.0260. The molecule has 138 valence electrons. The number of sulfonamides is 1. The van der Waals surface area contributed by atoms with Crippen LogP contribution in [0.3, 0.4) is 0 Å². The number of amides is 1. The quantitative estimate of drug-likeness (QED) is 0.842. The molecule has 0 radical (unpaired) electrons. The number of carbonyl (C=O) groups is 1. The molecule has 1 amide bonds. The van der Waals surface area contributed by atoms with E-state index >= 15 is 0 Å². The van der Waals surface area contributed by atoms with Gasteiger partial charge in [-0.2, -0.15) is 0 Å². The van der Waals surface area contributed by atoms with E-state index in [4.69, 9.17) is 11.6 Å². The van der Waals surface area contributed by atoms with Crippen LogP contribution in [0.15, 0.2) is 48.5 Å². The molecular weight excluding hydrogens is 379 g/mol. The molecule has 2 aromatic carbocycles. The highest BCUT2D eigenvalue weighted by Crippen LogP contribution is 2.24. The molecule has 0 spiro atoms. The first-order chi connectivity index (χ1) is 12.4. The first-order valence-corrected chi connectivity index (χ1v) is 10.1. The number of benzene rings is 2. The van der Waals surface area contributed by atoms with Gasteiger partial charge in [0.1, 0.15) is 5.82 Å². The van der Waals surface area contributed by atoms with Crippen LogP contribution in [-0.2, 0) is 21.4 Å². The lowest BCUT2D eigenvalue weighted by Crippen LogP contribution is -2.48. The van der Waals surface area contributed by atoms with E-state index in [0.29, 0.717) is 24.2 Å². The molecule has 5 nitrogen and oxygen atoms in total. The molecule has 3 rings (SSSR count). The van der Waals surface area contributed by atoms with E-state index in [1.165, 1.54) is 23.1 Å². The van der Waals surface area contributed by atoms with Gasteiger partial charge in [0, 0.05) is 18.8 Å². The highest BCUT2D eigenvalue weighted by Gasteiger charge is 2.38. The Labute approximate surface area is 156 Å². The van der Waals surface area contributed by atoms with Crippen LogP contribution in [0, 0.1) is 5.82 Å². The topological polar surface area (TPSA) is 66.5 Å². The third kappa shape index (κ3) is 4.16. The summed E-state index contributed by atoms with van der Waals surface area (Å²) in [5.41, 5.74) is 1.07. The first-order valence-electron chi connectivity index (χ1n) is 8.16. The molecule has 1 N–H and O–H groups in total. The summed E-state index contributed by atoms with van der Waals surface area (Å²) in [5, 5.41) is -1.17. The van der Waals surface area contributed by atoms with Crippen molar-refractivity contribution in [1.29, 1.82) is 0 Å². The molecule has 1 heterocycles. The number of carbonyl (C=O) groups excluding carboxylic acids is 1. The van der Waals surface area contributed by atoms with Crippen LogP contribution in [-0.4, -0.2) is 31.0 Å². The molecule has 1 unspecified atom stereocenters. The van der Waals surface area contributed by atoms with Gasteiger partial charge in [0.2, 0.25) is 15.9 Å². The maximum atomic E-state index is 13.3. The summed E-state index contributed by atoms with van der Waals surface area (Å²) in [6, 6.07) is 12.7. The van der Waals surface area contributed by atoms with Gasteiger partial charge in [-0.05, 0) is 42.7 Å². The second-order valence-corrected chi connectivity index (χ2v) is 8.42. The normalized spacial score (nSPS) is 18.0. The number of nitrogens with one attached hydrogen (secondary N) is 1. The molecule has 0 saturated carbocycles. The maximum absolute atomic E-state index is 13.3. The standard InChI is InChI=1S/C18H18ClFN2O3S/c19-15-11-13(8-9-16(15)20)12-22-10-4-7-17(18(22)23)26(24,25)21-14-5-2-1-3-6-14/h1-3,5-6,8-9,11,17,21H,4,7,10,12H2. The Kier molecular flexibility index (Phi) is 5.48. The van der Waals surface area contributed by atoms with Gasteiger partial charge in [-0.25, -0.2) is 12.8 Å². The number of piperidine rings is 1. The second-order valence-electron chi connectivity index (χ2n) is 6.15. The van der Waals surface area contributed by atoms with Crippen LogP contribution in [0.25, 0.3) is 0 Å². The largest absolute Gasteiger partial charge is 0.337 e. The highest BCUT2D eigenvalue weighted by atomic mass is 35.5. The van der Waals surface area contributed by atoms with E-state index in [2.05, 4.69) is 4.72 Å². The molecule has 1 saturated heterocycles. The van der Waals surface area contributed by atoms with Crippen LogP contribution in [0.1, 0.15) is 18.4 Å². The van der Waals surface area contributed by atoms with Gasteiger partial charge >= 0.3 is 0 Å². The molecule has 8 heteroatoms. The van der Waals surface area contributed by atoms with Crippen molar-refractivity contribution >= 4 is 33.2 Å². The summed E-state index contributed by atoms with van der Waals surface area (Å²) in [6.07, 6.45) is 0.836. The van der Waals surface area contributed by atoms with Crippen LogP contribution < -0.4 is 4.72 Å². The van der Waals surface area contributed by atoms with Gasteiger partial charge < -0.3 is 4.90 Å². The SMILES string of the molecule is O=C1C(S(=O)(=O)Nc2ccccc2)CCCN1Cc1ccc(F)c(Cl)c1. The van der Waals surface area contributed by atoms with Crippen LogP contribution >= 0.6 is 11.6 Å². The molecule has 1 fully saturated rings. The highest BCUT2D eigenvalue weighted by molar-refractivity contribution is 7.94. The van der Waals surface area contributed by atoms with E-state index in [9.17, 15) is 17.6 Å². The van der Waals surface area contributed by atoms with Crippen LogP contribution in [0.2, 0.25) is 5.02 Å². The summed E-state index contributed by atoms with van der Waals surface area (Å²) < 4.78 is 41.0. The van der Waals surface area contributed by atoms with E-state index in [-0.39, 0.29) is 18.0 Å². The zero-order chi connectivity index (χ0) is 18.7. The predicted octanol–water partition coefficient (Wildman–Crippen LogP) is 3.41. The molecule has 1 aliphatic heterocycles. The van der Waals surface area contributed by atoms with Crippen LogP contribution in [0.4, 0.5) is 10.1 Å². The predicted molar refractivity (Wildman–Crippen MR) is 98.8 cm³/mol. The molecule has 1 atom stereocenters.